The van der Waals surface area contributed by atoms with Crippen LogP contribution in [0.2, 0.25) is 0 Å². The third-order valence-corrected chi connectivity index (χ3v) is 4.01. The molecule has 0 unspecified atom stereocenters. The van der Waals surface area contributed by atoms with Crippen molar-refractivity contribution in [2.24, 2.45) is 0 Å². The largest absolute Gasteiger partial charge is 0.290 e. The van der Waals surface area contributed by atoms with Gasteiger partial charge >= 0.3 is 0 Å². The van der Waals surface area contributed by atoms with Gasteiger partial charge in [-0.05, 0) is 36.9 Å². The molecule has 1 aliphatic rings. The lowest BCUT2D eigenvalue weighted by Gasteiger charge is -2.23. The Morgan fingerprint density at radius 3 is 2.39 bits per heavy atom. The van der Waals surface area contributed by atoms with Gasteiger partial charge < -0.3 is 0 Å². The monoisotopic (exact) mass is 312 g/mol. The Balaban J connectivity index is 1.76. The maximum atomic E-state index is 13.0. The number of carbonyl (C=O) groups excluding carboxylic acids is 2. The van der Waals surface area contributed by atoms with Crippen LogP contribution >= 0.6 is 0 Å². The molecule has 0 N–H and O–H groups in total. The zero-order valence-corrected chi connectivity index (χ0v) is 12.8. The first-order chi connectivity index (χ1) is 11.1. The molecule has 0 radical (unpaired) electrons. The molecule has 0 aliphatic carbocycles. The molecule has 1 aliphatic heterocycles. The van der Waals surface area contributed by atoms with Gasteiger partial charge in [0.25, 0.3) is 5.91 Å². The van der Waals surface area contributed by atoms with Crippen molar-refractivity contribution in [2.75, 3.05) is 11.9 Å². The second-order valence-corrected chi connectivity index (χ2v) is 5.66. The molecule has 118 valence electrons. The zero-order chi connectivity index (χ0) is 16.4. The van der Waals surface area contributed by atoms with Gasteiger partial charge in [-0.3, -0.25) is 14.5 Å². The fraction of sp³-hybridized carbons (Fsp3) is 0.222. The molecule has 0 bridgehead atoms. The van der Waals surface area contributed by atoms with E-state index in [-0.39, 0.29) is 18.2 Å². The highest BCUT2D eigenvalue weighted by Crippen LogP contribution is 2.26. The molecule has 1 atom stereocenters. The average Bonchev–Trinajstić information content (AvgIpc) is 2.84. The second-order valence-electron chi connectivity index (χ2n) is 5.66. The van der Waals surface area contributed by atoms with Crippen LogP contribution in [0.25, 0.3) is 0 Å². The minimum atomic E-state index is -0.493. The molecule has 4 nitrogen and oxygen atoms in total. The zero-order valence-electron chi connectivity index (χ0n) is 12.8. The Labute approximate surface area is 134 Å². The standard InChI is InChI=1S/C18H17FN2O2/c1-20(12-13-5-3-2-4-6-13)16-11-17(22)21(18(16)23)15-9-7-14(19)8-10-15/h2-10,16H,11-12H2,1H3/t16-/m0/s1. The van der Waals surface area contributed by atoms with Crippen molar-refractivity contribution in [2.45, 2.75) is 19.0 Å². The minimum absolute atomic E-state index is 0.138. The van der Waals surface area contributed by atoms with Gasteiger partial charge in [0, 0.05) is 6.54 Å². The van der Waals surface area contributed by atoms with Crippen LogP contribution in [-0.4, -0.2) is 29.8 Å². The maximum absolute atomic E-state index is 13.0. The van der Waals surface area contributed by atoms with Crippen LogP contribution in [-0.2, 0) is 16.1 Å². The first-order valence-electron chi connectivity index (χ1n) is 7.43. The van der Waals surface area contributed by atoms with Crippen LogP contribution in [0.4, 0.5) is 10.1 Å². The van der Waals surface area contributed by atoms with Crippen molar-refractivity contribution >= 4 is 17.5 Å². The number of carbonyl (C=O) groups is 2. The lowest BCUT2D eigenvalue weighted by atomic mass is 10.1. The van der Waals surface area contributed by atoms with Crippen molar-refractivity contribution in [3.63, 3.8) is 0 Å². The van der Waals surface area contributed by atoms with Gasteiger partial charge in [-0.25, -0.2) is 9.29 Å². The van der Waals surface area contributed by atoms with Gasteiger partial charge in [-0.2, -0.15) is 0 Å². The summed E-state index contributed by atoms with van der Waals surface area (Å²) in [5.41, 5.74) is 1.49. The Hall–Kier alpha value is -2.53. The average molecular weight is 312 g/mol. The first kappa shape index (κ1) is 15.4. The highest BCUT2D eigenvalue weighted by molar-refractivity contribution is 6.22. The SMILES string of the molecule is CN(Cc1ccccc1)[C@H]1CC(=O)N(c2ccc(F)cc2)C1=O. The highest BCUT2D eigenvalue weighted by Gasteiger charge is 2.41. The summed E-state index contributed by atoms with van der Waals surface area (Å²) in [4.78, 5) is 27.8. The van der Waals surface area contributed by atoms with E-state index in [0.29, 0.717) is 12.2 Å². The molecular weight excluding hydrogens is 295 g/mol. The summed E-state index contributed by atoms with van der Waals surface area (Å²) < 4.78 is 13.0. The van der Waals surface area contributed by atoms with Gasteiger partial charge in [0.2, 0.25) is 5.91 Å². The molecule has 2 aromatic carbocycles. The van der Waals surface area contributed by atoms with Crippen molar-refractivity contribution < 1.29 is 14.0 Å². The van der Waals surface area contributed by atoms with Crippen LogP contribution in [0.15, 0.2) is 54.6 Å². The van der Waals surface area contributed by atoms with Gasteiger partial charge in [-0.1, -0.05) is 30.3 Å². The van der Waals surface area contributed by atoms with Crippen LogP contribution < -0.4 is 4.90 Å². The third-order valence-electron chi connectivity index (χ3n) is 4.01. The fourth-order valence-corrected chi connectivity index (χ4v) is 2.80. The fourth-order valence-electron chi connectivity index (χ4n) is 2.80. The predicted octanol–water partition coefficient (Wildman–Crippen LogP) is 2.59. The Kier molecular flexibility index (Phi) is 4.21. The van der Waals surface area contributed by atoms with Crippen molar-refractivity contribution in [3.05, 3.63) is 66.0 Å². The molecule has 0 aromatic heterocycles. The number of nitrogens with zero attached hydrogens (tertiary/aromatic N) is 2. The van der Waals surface area contributed by atoms with E-state index in [1.807, 2.05) is 42.3 Å². The van der Waals surface area contributed by atoms with E-state index in [0.717, 1.165) is 10.5 Å². The molecule has 23 heavy (non-hydrogen) atoms. The van der Waals surface area contributed by atoms with E-state index in [2.05, 4.69) is 0 Å². The second kappa shape index (κ2) is 6.30. The van der Waals surface area contributed by atoms with E-state index >= 15 is 0 Å². The molecule has 2 aromatic rings. The van der Waals surface area contributed by atoms with Gasteiger partial charge in [0.15, 0.2) is 0 Å². The van der Waals surface area contributed by atoms with Crippen LogP contribution in [0.5, 0.6) is 0 Å². The number of halogens is 1. The van der Waals surface area contributed by atoms with Crippen LogP contribution in [0.3, 0.4) is 0 Å². The quantitative estimate of drug-likeness (QED) is 0.815. The Bertz CT molecular complexity index is 716. The Morgan fingerprint density at radius 2 is 1.74 bits per heavy atom. The van der Waals surface area contributed by atoms with Gasteiger partial charge in [0.05, 0.1) is 18.2 Å². The van der Waals surface area contributed by atoms with Gasteiger partial charge in [-0.15, -0.1) is 0 Å². The lowest BCUT2D eigenvalue weighted by Crippen LogP contribution is -2.39. The minimum Gasteiger partial charge on any atom is -0.290 e. The first-order valence-corrected chi connectivity index (χ1v) is 7.43. The number of hydrogen-bond acceptors (Lipinski definition) is 3. The summed E-state index contributed by atoms with van der Waals surface area (Å²) in [7, 11) is 1.83. The summed E-state index contributed by atoms with van der Waals surface area (Å²) >= 11 is 0. The number of rotatable bonds is 4. The molecule has 0 saturated carbocycles. The Morgan fingerprint density at radius 1 is 1.09 bits per heavy atom. The maximum Gasteiger partial charge on any atom is 0.251 e. The summed E-state index contributed by atoms with van der Waals surface area (Å²) in [6.45, 7) is 0.585. The van der Waals surface area contributed by atoms with E-state index < -0.39 is 11.9 Å². The predicted molar refractivity (Wildman–Crippen MR) is 85.2 cm³/mol. The van der Waals surface area contributed by atoms with E-state index in [9.17, 15) is 14.0 Å². The number of imide groups is 1. The summed E-state index contributed by atoms with van der Waals surface area (Å²) in [6, 6.07) is 14.7. The number of benzene rings is 2. The van der Waals surface area contributed by atoms with E-state index in [1.165, 1.54) is 24.3 Å². The molecule has 0 spiro atoms. The summed E-state index contributed by atoms with van der Waals surface area (Å²) in [5, 5.41) is 0. The molecule has 5 heteroatoms. The van der Waals surface area contributed by atoms with Crippen LogP contribution in [0.1, 0.15) is 12.0 Å². The lowest BCUT2D eigenvalue weighted by molar-refractivity contribution is -0.122. The van der Waals surface area contributed by atoms with E-state index in [1.54, 1.807) is 0 Å². The van der Waals surface area contributed by atoms with Crippen LogP contribution in [0, 0.1) is 5.82 Å². The molecule has 1 heterocycles. The number of likely N-dealkylation sites (N-methyl/N-ethyl adjacent to an activating group) is 1. The number of anilines is 1. The van der Waals surface area contributed by atoms with Crippen molar-refractivity contribution in [1.82, 2.24) is 4.90 Å². The smallest absolute Gasteiger partial charge is 0.251 e. The highest BCUT2D eigenvalue weighted by atomic mass is 19.1. The molecule has 3 rings (SSSR count). The third kappa shape index (κ3) is 3.14. The molecule has 1 saturated heterocycles. The topological polar surface area (TPSA) is 40.6 Å². The van der Waals surface area contributed by atoms with Crippen molar-refractivity contribution in [1.29, 1.82) is 0 Å². The van der Waals surface area contributed by atoms with E-state index in [4.69, 9.17) is 0 Å². The molecule has 2 amide bonds. The normalized spacial score (nSPS) is 18.0. The summed E-state index contributed by atoms with van der Waals surface area (Å²) in [5.74, 6) is -0.919. The van der Waals surface area contributed by atoms with Crippen molar-refractivity contribution in [3.8, 4) is 0 Å². The number of hydrogen-bond donors (Lipinski definition) is 0. The molecular formula is C18H17FN2O2. The molecule has 1 fully saturated rings. The number of amides is 2. The summed E-state index contributed by atoms with van der Waals surface area (Å²) in [6.07, 6.45) is 0.138. The van der Waals surface area contributed by atoms with Gasteiger partial charge in [0.1, 0.15) is 5.82 Å².